The van der Waals surface area contributed by atoms with Crippen LogP contribution in [0.1, 0.15) is 29.3 Å². The molecule has 1 aromatic carbocycles. The third-order valence-corrected chi connectivity index (χ3v) is 5.70. The predicted octanol–water partition coefficient (Wildman–Crippen LogP) is 3.91. The number of fused-ring (bicyclic) bond motifs is 1. The molecule has 1 aliphatic rings. The molecule has 1 atom stereocenters. The Hall–Kier alpha value is -2.60. The van der Waals surface area contributed by atoms with Gasteiger partial charge in [0.05, 0.1) is 6.04 Å². The zero-order chi connectivity index (χ0) is 18.1. The van der Waals surface area contributed by atoms with Gasteiger partial charge in [0.1, 0.15) is 11.3 Å². The van der Waals surface area contributed by atoms with E-state index in [4.69, 9.17) is 9.15 Å². The summed E-state index contributed by atoms with van der Waals surface area (Å²) in [6.07, 6.45) is 2.00. The molecule has 0 N–H and O–H groups in total. The van der Waals surface area contributed by atoms with E-state index in [1.807, 2.05) is 29.3 Å². The topological polar surface area (TPSA) is 59.8 Å². The maximum Gasteiger partial charge on any atom is 0.336 e. The van der Waals surface area contributed by atoms with Gasteiger partial charge < -0.3 is 14.1 Å². The van der Waals surface area contributed by atoms with Gasteiger partial charge in [-0.25, -0.2) is 4.79 Å². The van der Waals surface area contributed by atoms with Crippen molar-refractivity contribution in [1.29, 1.82) is 0 Å². The minimum Gasteiger partial charge on any atom is -0.484 e. The Morgan fingerprint density at radius 1 is 1.35 bits per heavy atom. The number of rotatable bonds is 4. The van der Waals surface area contributed by atoms with Gasteiger partial charge in [-0.3, -0.25) is 4.79 Å². The fourth-order valence-electron chi connectivity index (χ4n) is 3.46. The van der Waals surface area contributed by atoms with Gasteiger partial charge in [-0.2, -0.15) is 0 Å². The van der Waals surface area contributed by atoms with E-state index in [2.05, 4.69) is 6.07 Å². The molecule has 2 aromatic heterocycles. The highest BCUT2D eigenvalue weighted by molar-refractivity contribution is 7.10. The molecule has 3 aromatic rings. The summed E-state index contributed by atoms with van der Waals surface area (Å²) in [7, 11) is 0. The molecule has 6 heteroatoms. The van der Waals surface area contributed by atoms with Crippen LogP contribution < -0.4 is 10.4 Å². The largest absolute Gasteiger partial charge is 0.484 e. The summed E-state index contributed by atoms with van der Waals surface area (Å²) in [5.74, 6) is 0.498. The number of benzene rings is 1. The predicted molar refractivity (Wildman–Crippen MR) is 101 cm³/mol. The lowest BCUT2D eigenvalue weighted by Crippen LogP contribution is -2.34. The average Bonchev–Trinajstić information content (AvgIpc) is 3.30. The number of likely N-dealkylation sites (tertiary alicyclic amines) is 1. The van der Waals surface area contributed by atoms with Crippen LogP contribution in [0, 0.1) is 6.92 Å². The SMILES string of the molecule is Cc1cc(=O)oc2cc(OCC(=O)N3CCCC3c3cccs3)ccc12. The molecular weight excluding hydrogens is 350 g/mol. The fraction of sp³-hybridized carbons (Fsp3) is 0.300. The van der Waals surface area contributed by atoms with Crippen molar-refractivity contribution in [2.75, 3.05) is 13.2 Å². The first-order valence-corrected chi connectivity index (χ1v) is 9.50. The molecule has 1 amide bonds. The number of hydrogen-bond acceptors (Lipinski definition) is 5. The molecule has 1 unspecified atom stereocenters. The molecule has 0 saturated carbocycles. The molecule has 134 valence electrons. The Labute approximate surface area is 154 Å². The molecule has 1 aliphatic heterocycles. The van der Waals surface area contributed by atoms with Crippen LogP contribution >= 0.6 is 11.3 Å². The van der Waals surface area contributed by atoms with E-state index in [-0.39, 0.29) is 24.2 Å². The molecule has 1 fully saturated rings. The van der Waals surface area contributed by atoms with Crippen LogP contribution in [-0.4, -0.2) is 24.0 Å². The van der Waals surface area contributed by atoms with E-state index >= 15 is 0 Å². The zero-order valence-corrected chi connectivity index (χ0v) is 15.3. The number of hydrogen-bond donors (Lipinski definition) is 0. The Morgan fingerprint density at radius 3 is 3.04 bits per heavy atom. The first-order valence-electron chi connectivity index (χ1n) is 8.62. The molecule has 26 heavy (non-hydrogen) atoms. The van der Waals surface area contributed by atoms with Gasteiger partial charge in [-0.1, -0.05) is 6.07 Å². The lowest BCUT2D eigenvalue weighted by Gasteiger charge is -2.24. The third-order valence-electron chi connectivity index (χ3n) is 4.73. The second kappa shape index (κ2) is 6.96. The summed E-state index contributed by atoms with van der Waals surface area (Å²) in [6.45, 7) is 2.60. The van der Waals surface area contributed by atoms with Crippen molar-refractivity contribution in [1.82, 2.24) is 4.90 Å². The Bertz CT molecular complexity index is 993. The number of aryl methyl sites for hydroxylation is 1. The standard InChI is InChI=1S/C20H19NO4S/c1-13-10-20(23)25-17-11-14(6-7-15(13)17)24-12-19(22)21-8-2-4-16(21)18-5-3-9-26-18/h3,5-7,9-11,16H,2,4,8,12H2,1H3. The molecule has 0 radical (unpaired) electrons. The summed E-state index contributed by atoms with van der Waals surface area (Å²) in [5, 5.41) is 2.90. The third kappa shape index (κ3) is 3.24. The number of carbonyl (C=O) groups excluding carboxylic acids is 1. The van der Waals surface area contributed by atoms with Gasteiger partial charge in [0, 0.05) is 28.9 Å². The summed E-state index contributed by atoms with van der Waals surface area (Å²) >= 11 is 1.68. The summed E-state index contributed by atoms with van der Waals surface area (Å²) < 4.78 is 10.9. The highest BCUT2D eigenvalue weighted by atomic mass is 32.1. The monoisotopic (exact) mass is 369 g/mol. The Balaban J connectivity index is 1.47. The smallest absolute Gasteiger partial charge is 0.336 e. The molecule has 3 heterocycles. The summed E-state index contributed by atoms with van der Waals surface area (Å²) in [4.78, 5) is 27.3. The molecule has 0 aliphatic carbocycles. The maximum absolute atomic E-state index is 12.6. The zero-order valence-electron chi connectivity index (χ0n) is 14.4. The van der Waals surface area contributed by atoms with Gasteiger partial charge in [0.2, 0.25) is 0 Å². The van der Waals surface area contributed by atoms with Crippen LogP contribution in [0.15, 0.2) is 51.0 Å². The maximum atomic E-state index is 12.6. The molecule has 0 spiro atoms. The number of carbonyl (C=O) groups is 1. The molecule has 5 nitrogen and oxygen atoms in total. The van der Waals surface area contributed by atoms with Gasteiger partial charge in [-0.05, 0) is 48.9 Å². The van der Waals surface area contributed by atoms with Crippen LogP contribution in [0.3, 0.4) is 0 Å². The van der Waals surface area contributed by atoms with Crippen molar-refractivity contribution >= 4 is 28.2 Å². The highest BCUT2D eigenvalue weighted by Gasteiger charge is 2.30. The van der Waals surface area contributed by atoms with E-state index in [1.54, 1.807) is 23.5 Å². The van der Waals surface area contributed by atoms with Crippen molar-refractivity contribution < 1.29 is 13.9 Å². The van der Waals surface area contributed by atoms with Crippen LogP contribution in [0.25, 0.3) is 11.0 Å². The normalized spacial score (nSPS) is 17.0. The lowest BCUT2D eigenvalue weighted by molar-refractivity contribution is -0.134. The van der Waals surface area contributed by atoms with Gasteiger partial charge in [0.25, 0.3) is 5.91 Å². The second-order valence-corrected chi connectivity index (χ2v) is 7.43. The number of thiophene rings is 1. The van der Waals surface area contributed by atoms with Gasteiger partial charge in [0.15, 0.2) is 6.61 Å². The summed E-state index contributed by atoms with van der Waals surface area (Å²) in [6, 6.07) is 11.0. The summed E-state index contributed by atoms with van der Waals surface area (Å²) in [5.41, 5.74) is 0.936. The van der Waals surface area contributed by atoms with E-state index in [0.717, 1.165) is 30.3 Å². The number of nitrogens with zero attached hydrogens (tertiary/aromatic N) is 1. The number of amides is 1. The molecule has 1 saturated heterocycles. The quantitative estimate of drug-likeness (QED) is 0.654. The molecule has 0 bridgehead atoms. The minimum absolute atomic E-state index is 0.0216. The lowest BCUT2D eigenvalue weighted by atomic mass is 10.1. The second-order valence-electron chi connectivity index (χ2n) is 6.46. The minimum atomic E-state index is -0.390. The van der Waals surface area contributed by atoms with E-state index in [9.17, 15) is 9.59 Å². The Kier molecular flexibility index (Phi) is 4.51. The molecule has 4 rings (SSSR count). The van der Waals surface area contributed by atoms with E-state index in [0.29, 0.717) is 11.3 Å². The first-order chi connectivity index (χ1) is 12.6. The first kappa shape index (κ1) is 16.8. The van der Waals surface area contributed by atoms with Crippen molar-refractivity contribution in [2.45, 2.75) is 25.8 Å². The van der Waals surface area contributed by atoms with Gasteiger partial charge in [-0.15, -0.1) is 11.3 Å². The van der Waals surface area contributed by atoms with Gasteiger partial charge >= 0.3 is 5.63 Å². The van der Waals surface area contributed by atoms with Crippen molar-refractivity contribution in [3.05, 3.63) is 62.6 Å². The van der Waals surface area contributed by atoms with Crippen molar-refractivity contribution in [3.63, 3.8) is 0 Å². The fourth-order valence-corrected chi connectivity index (χ4v) is 4.34. The Morgan fingerprint density at radius 2 is 2.23 bits per heavy atom. The van der Waals surface area contributed by atoms with Crippen LogP contribution in [0.2, 0.25) is 0 Å². The molecular formula is C20H19NO4S. The van der Waals surface area contributed by atoms with Crippen LogP contribution in [0.4, 0.5) is 0 Å². The van der Waals surface area contributed by atoms with Crippen molar-refractivity contribution in [3.8, 4) is 5.75 Å². The number of ether oxygens (including phenoxy) is 1. The van der Waals surface area contributed by atoms with Crippen LogP contribution in [-0.2, 0) is 4.79 Å². The van der Waals surface area contributed by atoms with Crippen LogP contribution in [0.5, 0.6) is 5.75 Å². The highest BCUT2D eigenvalue weighted by Crippen LogP contribution is 2.34. The van der Waals surface area contributed by atoms with E-state index in [1.165, 1.54) is 10.9 Å². The van der Waals surface area contributed by atoms with Crippen molar-refractivity contribution in [2.24, 2.45) is 0 Å². The average molecular weight is 369 g/mol. The van der Waals surface area contributed by atoms with E-state index < -0.39 is 0 Å².